The SMILES string of the molecule is Cc1cc(C(C)(C)C)cc(C)c1COC(=O)CCN1C(=O)c2cccc([N+](=O)[O-])c2C1=O. The zero-order valence-electron chi connectivity index (χ0n) is 18.9. The predicted molar refractivity (Wildman–Crippen MR) is 117 cm³/mol. The third kappa shape index (κ3) is 4.39. The number of nitro groups is 1. The van der Waals surface area contributed by atoms with Gasteiger partial charge in [0.05, 0.1) is 16.9 Å². The molecule has 2 aromatic carbocycles. The van der Waals surface area contributed by atoms with Gasteiger partial charge in [-0.1, -0.05) is 39.0 Å². The number of imide groups is 1. The molecule has 1 aliphatic heterocycles. The molecule has 0 unspecified atom stereocenters. The Balaban J connectivity index is 1.64. The number of benzene rings is 2. The summed E-state index contributed by atoms with van der Waals surface area (Å²) in [6.07, 6.45) is -0.197. The molecule has 0 spiro atoms. The number of esters is 1. The number of aryl methyl sites for hydroxylation is 2. The van der Waals surface area contributed by atoms with E-state index in [-0.39, 0.29) is 36.1 Å². The van der Waals surface area contributed by atoms with Crippen LogP contribution in [0.2, 0.25) is 0 Å². The zero-order valence-corrected chi connectivity index (χ0v) is 18.9. The van der Waals surface area contributed by atoms with Gasteiger partial charge in [0.2, 0.25) is 0 Å². The quantitative estimate of drug-likeness (QED) is 0.289. The number of nitro benzene ring substituents is 1. The first-order valence-corrected chi connectivity index (χ1v) is 10.3. The van der Waals surface area contributed by atoms with Gasteiger partial charge in [-0.05, 0) is 47.6 Å². The summed E-state index contributed by atoms with van der Waals surface area (Å²) in [4.78, 5) is 48.7. The summed E-state index contributed by atoms with van der Waals surface area (Å²) in [5.41, 5.74) is 3.49. The summed E-state index contributed by atoms with van der Waals surface area (Å²) in [5.74, 6) is -1.98. The van der Waals surface area contributed by atoms with Gasteiger partial charge in [-0.15, -0.1) is 0 Å². The van der Waals surface area contributed by atoms with Crippen LogP contribution in [0, 0.1) is 24.0 Å². The van der Waals surface area contributed by atoms with Gasteiger partial charge in [0, 0.05) is 12.6 Å². The molecular formula is C24H26N2O6. The maximum atomic E-state index is 12.6. The van der Waals surface area contributed by atoms with Crippen LogP contribution in [0.3, 0.4) is 0 Å². The number of hydrogen-bond acceptors (Lipinski definition) is 6. The molecule has 8 heteroatoms. The molecule has 0 aromatic heterocycles. The number of hydrogen-bond donors (Lipinski definition) is 0. The van der Waals surface area contributed by atoms with Gasteiger partial charge >= 0.3 is 5.97 Å². The maximum absolute atomic E-state index is 12.6. The molecule has 0 atom stereocenters. The molecule has 168 valence electrons. The van der Waals surface area contributed by atoms with E-state index in [0.29, 0.717) is 0 Å². The van der Waals surface area contributed by atoms with Gasteiger partial charge in [0.15, 0.2) is 0 Å². The number of rotatable bonds is 6. The standard InChI is InChI=1S/C24H26N2O6/c1-14-11-16(24(3,4)5)12-15(2)18(14)13-32-20(27)9-10-25-22(28)17-7-6-8-19(26(30)31)21(17)23(25)29/h6-8,11-12H,9-10,13H2,1-5H3. The van der Waals surface area contributed by atoms with Crippen molar-refractivity contribution in [3.05, 3.63) is 73.8 Å². The van der Waals surface area contributed by atoms with E-state index < -0.39 is 28.4 Å². The topological polar surface area (TPSA) is 107 Å². The Hall–Kier alpha value is -3.55. The fourth-order valence-electron chi connectivity index (χ4n) is 3.75. The lowest BCUT2D eigenvalue weighted by atomic mass is 9.84. The summed E-state index contributed by atoms with van der Waals surface area (Å²) in [6.45, 7) is 10.2. The number of fused-ring (bicyclic) bond motifs is 1. The molecular weight excluding hydrogens is 412 g/mol. The molecule has 0 bridgehead atoms. The molecule has 0 N–H and O–H groups in total. The Labute approximate surface area is 186 Å². The number of carbonyl (C=O) groups is 3. The van der Waals surface area contributed by atoms with Crippen molar-refractivity contribution in [3.8, 4) is 0 Å². The maximum Gasteiger partial charge on any atom is 0.307 e. The van der Waals surface area contributed by atoms with Crippen LogP contribution in [0.4, 0.5) is 5.69 Å². The first kappa shape index (κ1) is 23.1. The number of carbonyl (C=O) groups excluding carboxylic acids is 3. The summed E-state index contributed by atoms with van der Waals surface area (Å²) < 4.78 is 5.39. The zero-order chi connectivity index (χ0) is 23.8. The normalized spacial score (nSPS) is 13.3. The number of amides is 2. The molecule has 2 amide bonds. The molecule has 0 saturated carbocycles. The highest BCUT2D eigenvalue weighted by Crippen LogP contribution is 2.31. The third-order valence-electron chi connectivity index (χ3n) is 5.65. The van der Waals surface area contributed by atoms with E-state index in [1.54, 1.807) is 0 Å². The summed E-state index contributed by atoms with van der Waals surface area (Å²) in [7, 11) is 0. The monoisotopic (exact) mass is 438 g/mol. The van der Waals surface area contributed by atoms with Crippen LogP contribution in [0.5, 0.6) is 0 Å². The van der Waals surface area contributed by atoms with Crippen LogP contribution >= 0.6 is 0 Å². The van der Waals surface area contributed by atoms with Crippen molar-refractivity contribution in [1.82, 2.24) is 4.90 Å². The fraction of sp³-hybridized carbons (Fsp3) is 0.375. The van der Waals surface area contributed by atoms with Crippen molar-refractivity contribution in [2.24, 2.45) is 0 Å². The van der Waals surface area contributed by atoms with Crippen molar-refractivity contribution < 1.29 is 24.0 Å². The number of nitrogens with zero attached hydrogens (tertiary/aromatic N) is 2. The van der Waals surface area contributed by atoms with Gasteiger partial charge in [0.1, 0.15) is 12.2 Å². The highest BCUT2D eigenvalue weighted by atomic mass is 16.6. The van der Waals surface area contributed by atoms with Crippen LogP contribution in [-0.2, 0) is 21.6 Å². The largest absolute Gasteiger partial charge is 0.461 e. The Morgan fingerprint density at radius 3 is 2.28 bits per heavy atom. The molecule has 0 fully saturated rings. The van der Waals surface area contributed by atoms with E-state index in [0.717, 1.165) is 21.6 Å². The van der Waals surface area contributed by atoms with Crippen molar-refractivity contribution in [1.29, 1.82) is 0 Å². The van der Waals surface area contributed by atoms with Crippen LogP contribution in [0.15, 0.2) is 30.3 Å². The van der Waals surface area contributed by atoms with Crippen molar-refractivity contribution in [2.45, 2.75) is 53.1 Å². The van der Waals surface area contributed by atoms with Crippen LogP contribution < -0.4 is 0 Å². The molecule has 3 rings (SSSR count). The van der Waals surface area contributed by atoms with Crippen LogP contribution in [0.25, 0.3) is 0 Å². The predicted octanol–water partition coefficient (Wildman–Crippen LogP) is 4.24. The molecule has 1 aliphatic rings. The van der Waals surface area contributed by atoms with E-state index in [1.807, 2.05) is 13.8 Å². The fourth-order valence-corrected chi connectivity index (χ4v) is 3.75. The van der Waals surface area contributed by atoms with Gasteiger partial charge in [-0.2, -0.15) is 0 Å². The van der Waals surface area contributed by atoms with Gasteiger partial charge in [-0.25, -0.2) is 0 Å². The lowest BCUT2D eigenvalue weighted by Crippen LogP contribution is -2.32. The molecule has 32 heavy (non-hydrogen) atoms. The minimum atomic E-state index is -0.769. The average Bonchev–Trinajstić information content (AvgIpc) is 2.95. The highest BCUT2D eigenvalue weighted by Gasteiger charge is 2.40. The molecule has 1 heterocycles. The average molecular weight is 438 g/mol. The molecule has 0 saturated heterocycles. The smallest absolute Gasteiger partial charge is 0.307 e. The minimum absolute atomic E-state index is 0.00613. The minimum Gasteiger partial charge on any atom is -0.461 e. The second kappa shape index (κ2) is 8.53. The molecule has 0 radical (unpaired) electrons. The van der Waals surface area contributed by atoms with Gasteiger partial charge < -0.3 is 4.74 Å². The third-order valence-corrected chi connectivity index (χ3v) is 5.65. The van der Waals surface area contributed by atoms with Gasteiger partial charge in [-0.3, -0.25) is 29.4 Å². The first-order valence-electron chi connectivity index (χ1n) is 10.3. The van der Waals surface area contributed by atoms with E-state index in [2.05, 4.69) is 32.9 Å². The highest BCUT2D eigenvalue weighted by molar-refractivity contribution is 6.23. The Kier molecular flexibility index (Phi) is 6.16. The van der Waals surface area contributed by atoms with E-state index in [1.165, 1.54) is 23.8 Å². The summed E-state index contributed by atoms with van der Waals surface area (Å²) in [6, 6.07) is 8.07. The van der Waals surface area contributed by atoms with Gasteiger partial charge in [0.25, 0.3) is 17.5 Å². The second-order valence-corrected chi connectivity index (χ2v) is 8.97. The van der Waals surface area contributed by atoms with E-state index in [4.69, 9.17) is 4.74 Å². The Bertz CT molecular complexity index is 1110. The summed E-state index contributed by atoms with van der Waals surface area (Å²) in [5, 5.41) is 11.2. The molecule has 8 nitrogen and oxygen atoms in total. The molecule has 0 aliphatic carbocycles. The summed E-state index contributed by atoms with van der Waals surface area (Å²) >= 11 is 0. The Morgan fingerprint density at radius 2 is 1.72 bits per heavy atom. The van der Waals surface area contributed by atoms with Crippen LogP contribution in [0.1, 0.15) is 70.2 Å². The molecule has 2 aromatic rings. The van der Waals surface area contributed by atoms with Crippen molar-refractivity contribution >= 4 is 23.5 Å². The lowest BCUT2D eigenvalue weighted by Gasteiger charge is -2.22. The Morgan fingerprint density at radius 1 is 1.09 bits per heavy atom. The van der Waals surface area contributed by atoms with Crippen molar-refractivity contribution in [2.75, 3.05) is 6.54 Å². The first-order chi connectivity index (χ1) is 14.9. The lowest BCUT2D eigenvalue weighted by molar-refractivity contribution is -0.385. The van der Waals surface area contributed by atoms with E-state index in [9.17, 15) is 24.5 Å². The van der Waals surface area contributed by atoms with Crippen molar-refractivity contribution in [3.63, 3.8) is 0 Å². The van der Waals surface area contributed by atoms with Crippen LogP contribution in [-0.4, -0.2) is 34.2 Å². The second-order valence-electron chi connectivity index (χ2n) is 8.97. The number of ether oxygens (including phenoxy) is 1. The van der Waals surface area contributed by atoms with E-state index >= 15 is 0 Å².